The molecule has 1 aliphatic rings. The van der Waals surface area contributed by atoms with E-state index in [2.05, 4.69) is 20.6 Å². The lowest BCUT2D eigenvalue weighted by molar-refractivity contribution is -0.129. The Morgan fingerprint density at radius 1 is 1.34 bits per heavy atom. The number of H-pyrrole nitrogens is 1. The second-order valence-corrected chi connectivity index (χ2v) is 7.72. The number of carbonyl (C=O) groups excluding carboxylic acids is 2. The largest absolute Gasteiger partial charge is 0.367 e. The van der Waals surface area contributed by atoms with Crippen LogP contribution in [0.2, 0.25) is 0 Å². The van der Waals surface area contributed by atoms with Crippen molar-refractivity contribution in [1.29, 1.82) is 0 Å². The molecule has 2 aromatic rings. The van der Waals surface area contributed by atoms with Crippen LogP contribution in [0.15, 0.2) is 24.5 Å². The smallest absolute Gasteiger partial charge is 0.267 e. The number of nitrogens with zero attached hydrogens (tertiary/aromatic N) is 2. The molecule has 0 spiro atoms. The van der Waals surface area contributed by atoms with Crippen LogP contribution in [0.1, 0.15) is 42.7 Å². The Balaban J connectivity index is 1.70. The molecule has 0 aromatic carbocycles. The Bertz CT molecular complexity index is 870. The van der Waals surface area contributed by atoms with Crippen molar-refractivity contribution in [1.82, 2.24) is 20.2 Å². The molecule has 0 saturated carbocycles. The van der Waals surface area contributed by atoms with Crippen LogP contribution in [0.5, 0.6) is 0 Å². The summed E-state index contributed by atoms with van der Waals surface area (Å²) in [7, 11) is 0. The fourth-order valence-corrected chi connectivity index (χ4v) is 3.50. The molecule has 8 heteroatoms. The van der Waals surface area contributed by atoms with Gasteiger partial charge in [0, 0.05) is 56.6 Å². The first-order chi connectivity index (χ1) is 13.9. The van der Waals surface area contributed by atoms with Crippen LogP contribution >= 0.6 is 0 Å². The minimum Gasteiger partial charge on any atom is -0.367 e. The first-order valence-corrected chi connectivity index (χ1v) is 10.1. The van der Waals surface area contributed by atoms with Gasteiger partial charge in [0.05, 0.1) is 0 Å². The molecule has 156 valence electrons. The second kappa shape index (κ2) is 9.09. The van der Waals surface area contributed by atoms with Crippen molar-refractivity contribution in [3.63, 3.8) is 0 Å². The molecule has 0 radical (unpaired) electrons. The van der Waals surface area contributed by atoms with Gasteiger partial charge in [-0.15, -0.1) is 0 Å². The number of aryl methyl sites for hydroxylation is 1. The molecule has 3 rings (SSSR count). The minimum atomic E-state index is -0.170. The maximum atomic E-state index is 12.3. The number of hydrogen-bond donors (Lipinski definition) is 4. The number of pyridine rings is 1. The summed E-state index contributed by atoms with van der Waals surface area (Å²) in [4.78, 5) is 33.2. The van der Waals surface area contributed by atoms with Gasteiger partial charge < -0.3 is 26.3 Å². The summed E-state index contributed by atoms with van der Waals surface area (Å²) in [6.45, 7) is 7.41. The number of hydrogen-bond acceptors (Lipinski definition) is 5. The van der Waals surface area contributed by atoms with E-state index in [0.717, 1.165) is 48.4 Å². The Labute approximate surface area is 171 Å². The van der Waals surface area contributed by atoms with Crippen LogP contribution in [0.25, 0.3) is 11.1 Å². The number of carbonyl (C=O) groups is 2. The van der Waals surface area contributed by atoms with Gasteiger partial charge >= 0.3 is 0 Å². The molecule has 2 aromatic heterocycles. The summed E-state index contributed by atoms with van der Waals surface area (Å²) in [6.07, 6.45) is 5.47. The van der Waals surface area contributed by atoms with E-state index in [1.165, 1.54) is 0 Å². The number of anilines is 1. The van der Waals surface area contributed by atoms with Gasteiger partial charge in [-0.25, -0.2) is 4.98 Å². The number of rotatable bonds is 6. The maximum Gasteiger partial charge on any atom is 0.267 e. The summed E-state index contributed by atoms with van der Waals surface area (Å²) in [5, 5.41) is 6.34. The van der Waals surface area contributed by atoms with Gasteiger partial charge in [-0.2, -0.15) is 0 Å². The molecular weight excluding hydrogens is 368 g/mol. The van der Waals surface area contributed by atoms with E-state index in [1.54, 1.807) is 6.92 Å². The number of likely N-dealkylation sites (tertiary alicyclic amines) is 1. The third-order valence-electron chi connectivity index (χ3n) is 5.37. The molecule has 1 aliphatic heterocycles. The third-order valence-corrected chi connectivity index (χ3v) is 5.37. The summed E-state index contributed by atoms with van der Waals surface area (Å²) in [5.41, 5.74) is 9.06. The van der Waals surface area contributed by atoms with Crippen molar-refractivity contribution >= 4 is 17.6 Å². The van der Waals surface area contributed by atoms with Gasteiger partial charge in [0.1, 0.15) is 11.5 Å². The quantitative estimate of drug-likeness (QED) is 0.593. The van der Waals surface area contributed by atoms with Gasteiger partial charge in [0.2, 0.25) is 5.91 Å². The standard InChI is InChI=1S/C21H30N6O2/c1-13-11-24-20(26-17-4-6-27(7-5-17)15(3)28)9-18(13)16-8-19(23-12-16)21(29)25-14(2)10-22/h8-9,11-12,14,17,23H,4-7,10,22H2,1-3H3,(H,24,26)(H,25,29)/t14-/m0/s1. The van der Waals surface area contributed by atoms with E-state index in [4.69, 9.17) is 5.73 Å². The average Bonchev–Trinajstić information content (AvgIpc) is 3.20. The predicted octanol–water partition coefficient (Wildman–Crippen LogP) is 1.88. The molecular formula is C21H30N6O2. The molecule has 0 unspecified atom stereocenters. The zero-order valence-corrected chi connectivity index (χ0v) is 17.3. The zero-order valence-electron chi connectivity index (χ0n) is 17.3. The highest BCUT2D eigenvalue weighted by molar-refractivity contribution is 5.94. The lowest BCUT2D eigenvalue weighted by Crippen LogP contribution is -2.41. The Morgan fingerprint density at radius 3 is 2.72 bits per heavy atom. The topological polar surface area (TPSA) is 116 Å². The van der Waals surface area contributed by atoms with Gasteiger partial charge in [-0.1, -0.05) is 0 Å². The van der Waals surface area contributed by atoms with Gasteiger partial charge in [-0.3, -0.25) is 9.59 Å². The number of amides is 2. The lowest BCUT2D eigenvalue weighted by atomic mass is 10.0. The van der Waals surface area contributed by atoms with Crippen molar-refractivity contribution in [3.8, 4) is 11.1 Å². The summed E-state index contributed by atoms with van der Waals surface area (Å²) in [5.74, 6) is 0.764. The van der Waals surface area contributed by atoms with E-state index in [0.29, 0.717) is 18.3 Å². The number of piperidine rings is 1. The molecule has 1 atom stereocenters. The number of aromatic nitrogens is 2. The minimum absolute atomic E-state index is 0.0814. The molecule has 2 amide bonds. The fourth-order valence-electron chi connectivity index (χ4n) is 3.50. The molecule has 3 heterocycles. The maximum absolute atomic E-state index is 12.3. The van der Waals surface area contributed by atoms with Gasteiger partial charge in [0.25, 0.3) is 5.91 Å². The highest BCUT2D eigenvalue weighted by atomic mass is 16.2. The van der Waals surface area contributed by atoms with E-state index >= 15 is 0 Å². The van der Waals surface area contributed by atoms with Gasteiger partial charge in [0.15, 0.2) is 0 Å². The van der Waals surface area contributed by atoms with Crippen molar-refractivity contribution in [3.05, 3.63) is 35.8 Å². The molecule has 1 saturated heterocycles. The van der Waals surface area contributed by atoms with Crippen molar-refractivity contribution in [2.75, 3.05) is 25.0 Å². The summed E-state index contributed by atoms with van der Waals surface area (Å²) >= 11 is 0. The molecule has 8 nitrogen and oxygen atoms in total. The van der Waals surface area contributed by atoms with Gasteiger partial charge in [-0.05, 0) is 49.9 Å². The molecule has 1 fully saturated rings. The Kier molecular flexibility index (Phi) is 6.53. The monoisotopic (exact) mass is 398 g/mol. The van der Waals surface area contributed by atoms with Crippen molar-refractivity contribution in [2.45, 2.75) is 45.7 Å². The molecule has 0 aliphatic carbocycles. The average molecular weight is 399 g/mol. The second-order valence-electron chi connectivity index (χ2n) is 7.72. The fraction of sp³-hybridized carbons (Fsp3) is 0.476. The van der Waals surface area contributed by atoms with Crippen molar-refractivity contribution in [2.24, 2.45) is 5.73 Å². The van der Waals surface area contributed by atoms with Crippen LogP contribution in [0, 0.1) is 6.92 Å². The van der Waals surface area contributed by atoms with E-state index in [1.807, 2.05) is 43.3 Å². The number of nitrogens with two attached hydrogens (primary N) is 1. The molecule has 29 heavy (non-hydrogen) atoms. The van der Waals surface area contributed by atoms with Crippen LogP contribution in [0.3, 0.4) is 0 Å². The normalized spacial score (nSPS) is 15.8. The van der Waals surface area contributed by atoms with Crippen LogP contribution in [-0.2, 0) is 4.79 Å². The molecule has 5 N–H and O–H groups in total. The van der Waals surface area contributed by atoms with Crippen LogP contribution < -0.4 is 16.4 Å². The highest BCUT2D eigenvalue weighted by Crippen LogP contribution is 2.27. The number of aromatic amines is 1. The SMILES string of the molecule is CC(=O)N1CCC(Nc2cc(-c3c[nH]c(C(=O)N[C@@H](C)CN)c3)c(C)cn2)CC1. The predicted molar refractivity (Wildman–Crippen MR) is 114 cm³/mol. The van der Waals surface area contributed by atoms with E-state index in [-0.39, 0.29) is 17.9 Å². The van der Waals surface area contributed by atoms with E-state index < -0.39 is 0 Å². The lowest BCUT2D eigenvalue weighted by Gasteiger charge is -2.32. The molecule has 0 bridgehead atoms. The zero-order chi connectivity index (χ0) is 21.0. The van der Waals surface area contributed by atoms with Crippen LogP contribution in [0.4, 0.5) is 5.82 Å². The summed E-state index contributed by atoms with van der Waals surface area (Å²) in [6, 6.07) is 4.07. The van der Waals surface area contributed by atoms with E-state index in [9.17, 15) is 9.59 Å². The Morgan fingerprint density at radius 2 is 2.07 bits per heavy atom. The Hall–Kier alpha value is -2.87. The first kappa shape index (κ1) is 20.9. The summed E-state index contributed by atoms with van der Waals surface area (Å²) < 4.78 is 0. The first-order valence-electron chi connectivity index (χ1n) is 10.1. The third kappa shape index (κ3) is 5.14. The number of nitrogens with one attached hydrogen (secondary N) is 3. The highest BCUT2D eigenvalue weighted by Gasteiger charge is 2.21. The van der Waals surface area contributed by atoms with Crippen molar-refractivity contribution < 1.29 is 9.59 Å². The van der Waals surface area contributed by atoms with Crippen LogP contribution in [-0.4, -0.2) is 58.4 Å².